The Morgan fingerprint density at radius 3 is 1.54 bits per heavy atom. The van der Waals surface area contributed by atoms with Gasteiger partial charge in [-0.1, -0.05) is 160 Å². The average Bonchev–Trinajstić information content (AvgIpc) is 3.70. The minimum atomic E-state index is 0.0402. The number of fused-ring (bicyclic) bond motifs is 5. The number of rotatable bonds is 11. The Labute approximate surface area is 421 Å². The molecular formula is C68H66N2O. The molecule has 0 fully saturated rings. The van der Waals surface area contributed by atoms with Crippen molar-refractivity contribution in [3.05, 3.63) is 222 Å². The van der Waals surface area contributed by atoms with E-state index in [1.54, 1.807) is 0 Å². The quantitative estimate of drug-likeness (QED) is 0.121. The van der Waals surface area contributed by atoms with E-state index in [-0.39, 0.29) is 10.8 Å². The third-order valence-corrected chi connectivity index (χ3v) is 14.3. The van der Waals surface area contributed by atoms with Crippen molar-refractivity contribution in [1.29, 1.82) is 0 Å². The summed E-state index contributed by atoms with van der Waals surface area (Å²) in [7, 11) is 0. The van der Waals surface area contributed by atoms with Gasteiger partial charge in [0, 0.05) is 44.6 Å². The molecule has 0 aliphatic heterocycles. The van der Waals surface area contributed by atoms with Crippen LogP contribution in [0.3, 0.4) is 0 Å². The van der Waals surface area contributed by atoms with Crippen molar-refractivity contribution in [2.24, 2.45) is 0 Å². The molecule has 0 amide bonds. The van der Waals surface area contributed by atoms with Crippen LogP contribution in [0, 0.1) is 0 Å². The molecule has 10 rings (SSSR count). The zero-order valence-electron chi connectivity index (χ0n) is 43.2. The predicted octanol–water partition coefficient (Wildman–Crippen LogP) is 20.4. The number of anilines is 6. The number of hydrogen-bond acceptors (Lipinski definition) is 3. The average molecular weight is 927 g/mol. The molecule has 0 N–H and O–H groups in total. The maximum Gasteiger partial charge on any atom is 0.136 e. The first-order chi connectivity index (χ1) is 34.1. The first-order valence-corrected chi connectivity index (χ1v) is 25.4. The standard InChI is InChI=1S/C68H66N2O/c1-12-17-45(5)59-36-46(13-2)20-34-63(59)69(55-30-24-53(25-31-55)67(6,7)8)57-28-21-49-40-61-62-41-50-22-29-58(38-52(50)43-66(62)71-65(61)42-51(49)37-57)70(56-32-26-54(27-33-56)68(9,10)11)64-35-23-48(44(3)4)39-60(64)47-18-15-14-16-19-47/h12,14-44H,5,13H2,1-4,6-11H3/b17-12-. The van der Waals surface area contributed by atoms with E-state index in [0.717, 1.165) is 89.8 Å². The monoisotopic (exact) mass is 927 g/mol. The molecule has 3 nitrogen and oxygen atoms in total. The van der Waals surface area contributed by atoms with Crippen LogP contribution >= 0.6 is 0 Å². The van der Waals surface area contributed by atoms with Gasteiger partial charge in [0.1, 0.15) is 11.2 Å². The molecule has 0 saturated carbocycles. The second-order valence-corrected chi connectivity index (χ2v) is 21.7. The Morgan fingerprint density at radius 2 is 1.04 bits per heavy atom. The van der Waals surface area contributed by atoms with Crippen LogP contribution in [0.15, 0.2) is 199 Å². The van der Waals surface area contributed by atoms with Crippen molar-refractivity contribution in [1.82, 2.24) is 0 Å². The van der Waals surface area contributed by atoms with Crippen molar-refractivity contribution >= 4 is 83.2 Å². The molecule has 1 heterocycles. The van der Waals surface area contributed by atoms with Crippen LogP contribution < -0.4 is 9.80 Å². The van der Waals surface area contributed by atoms with Gasteiger partial charge < -0.3 is 14.2 Å². The fourth-order valence-electron chi connectivity index (χ4n) is 10.1. The van der Waals surface area contributed by atoms with Crippen LogP contribution in [0.2, 0.25) is 0 Å². The molecule has 0 aliphatic carbocycles. The Kier molecular flexibility index (Phi) is 12.3. The van der Waals surface area contributed by atoms with Gasteiger partial charge in [-0.25, -0.2) is 0 Å². The number of hydrogen-bond donors (Lipinski definition) is 0. The van der Waals surface area contributed by atoms with Crippen LogP contribution in [0.4, 0.5) is 34.1 Å². The molecular weight excluding hydrogens is 861 g/mol. The van der Waals surface area contributed by atoms with Gasteiger partial charge in [0.2, 0.25) is 0 Å². The molecule has 0 atom stereocenters. The van der Waals surface area contributed by atoms with E-state index < -0.39 is 0 Å². The van der Waals surface area contributed by atoms with Gasteiger partial charge in [-0.05, 0) is 182 Å². The normalized spacial score (nSPS) is 12.3. The van der Waals surface area contributed by atoms with E-state index in [1.165, 1.54) is 38.8 Å². The van der Waals surface area contributed by atoms with Crippen molar-refractivity contribution in [3.8, 4) is 11.1 Å². The maximum absolute atomic E-state index is 6.87. The maximum atomic E-state index is 6.87. The van der Waals surface area contributed by atoms with Crippen LogP contribution in [-0.2, 0) is 17.3 Å². The highest BCUT2D eigenvalue weighted by Crippen LogP contribution is 2.46. The highest BCUT2D eigenvalue weighted by atomic mass is 16.3. The lowest BCUT2D eigenvalue weighted by atomic mass is 9.87. The molecule has 0 radical (unpaired) electrons. The lowest BCUT2D eigenvalue weighted by molar-refractivity contribution is 0.590. The number of furan rings is 1. The topological polar surface area (TPSA) is 19.6 Å². The second-order valence-electron chi connectivity index (χ2n) is 21.7. The Bertz CT molecular complexity index is 3630. The van der Waals surface area contributed by atoms with Crippen LogP contribution in [0.5, 0.6) is 0 Å². The molecule has 3 heteroatoms. The van der Waals surface area contributed by atoms with E-state index in [9.17, 15) is 0 Å². The van der Waals surface area contributed by atoms with Gasteiger partial charge in [0.05, 0.1) is 11.4 Å². The number of nitrogens with zero attached hydrogens (tertiary/aromatic N) is 2. The van der Waals surface area contributed by atoms with E-state index in [4.69, 9.17) is 4.42 Å². The summed E-state index contributed by atoms with van der Waals surface area (Å²) in [5.74, 6) is 0.398. The van der Waals surface area contributed by atoms with Gasteiger partial charge in [-0.15, -0.1) is 0 Å². The zero-order chi connectivity index (χ0) is 49.8. The van der Waals surface area contributed by atoms with Gasteiger partial charge in [0.15, 0.2) is 0 Å². The molecule has 0 saturated heterocycles. The van der Waals surface area contributed by atoms with Gasteiger partial charge in [-0.2, -0.15) is 0 Å². The van der Waals surface area contributed by atoms with E-state index in [0.29, 0.717) is 5.92 Å². The summed E-state index contributed by atoms with van der Waals surface area (Å²) >= 11 is 0. The zero-order valence-corrected chi connectivity index (χ0v) is 43.2. The fourth-order valence-corrected chi connectivity index (χ4v) is 10.1. The van der Waals surface area contributed by atoms with E-state index >= 15 is 0 Å². The van der Waals surface area contributed by atoms with Crippen molar-refractivity contribution < 1.29 is 4.42 Å². The smallest absolute Gasteiger partial charge is 0.136 e. The summed E-state index contributed by atoms with van der Waals surface area (Å²) in [6.45, 7) is 26.9. The molecule has 0 bridgehead atoms. The summed E-state index contributed by atoms with van der Waals surface area (Å²) in [6, 6.07) is 65.5. The molecule has 354 valence electrons. The minimum Gasteiger partial charge on any atom is -0.456 e. The fraction of sp³-hybridized carbons (Fsp3) is 0.206. The van der Waals surface area contributed by atoms with Crippen molar-refractivity contribution in [3.63, 3.8) is 0 Å². The molecule has 0 unspecified atom stereocenters. The van der Waals surface area contributed by atoms with E-state index in [2.05, 4.69) is 274 Å². The predicted molar refractivity (Wildman–Crippen MR) is 308 cm³/mol. The molecule has 0 spiro atoms. The Balaban J connectivity index is 1.10. The highest BCUT2D eigenvalue weighted by Gasteiger charge is 2.23. The van der Waals surface area contributed by atoms with E-state index in [1.807, 2.05) is 0 Å². The van der Waals surface area contributed by atoms with Crippen LogP contribution in [0.25, 0.3) is 60.2 Å². The molecule has 71 heavy (non-hydrogen) atoms. The minimum absolute atomic E-state index is 0.0402. The SMILES string of the molecule is C=C(/C=C\C)c1cc(CC)ccc1N(c1ccc(C(C)(C)C)cc1)c1ccc2cc3c(cc2c1)oc1cc2cc(N(c4ccc(C(C)(C)C)cc4)c4ccc(C(C)C)cc4-c4ccccc4)ccc2cc13. The van der Waals surface area contributed by atoms with Crippen molar-refractivity contribution in [2.75, 3.05) is 9.80 Å². The number of aryl methyl sites for hydroxylation is 1. The molecule has 10 aromatic rings. The third kappa shape index (κ3) is 9.18. The third-order valence-electron chi connectivity index (χ3n) is 14.3. The first-order valence-electron chi connectivity index (χ1n) is 25.4. The van der Waals surface area contributed by atoms with Crippen LogP contribution in [0.1, 0.15) is 103 Å². The summed E-state index contributed by atoms with van der Waals surface area (Å²) in [6.07, 6.45) is 5.13. The molecule has 0 aliphatic rings. The summed E-state index contributed by atoms with van der Waals surface area (Å²) in [5, 5.41) is 6.78. The summed E-state index contributed by atoms with van der Waals surface area (Å²) in [5.41, 5.74) is 18.1. The number of allylic oxidation sites excluding steroid dienone is 3. The van der Waals surface area contributed by atoms with Gasteiger partial charge in [-0.3, -0.25) is 0 Å². The largest absolute Gasteiger partial charge is 0.456 e. The highest BCUT2D eigenvalue weighted by molar-refractivity contribution is 6.14. The van der Waals surface area contributed by atoms with Crippen molar-refractivity contribution in [2.45, 2.75) is 92.4 Å². The lowest BCUT2D eigenvalue weighted by Crippen LogP contribution is -2.14. The Hall–Kier alpha value is -7.62. The lowest BCUT2D eigenvalue weighted by Gasteiger charge is -2.29. The van der Waals surface area contributed by atoms with Crippen LogP contribution in [-0.4, -0.2) is 0 Å². The van der Waals surface area contributed by atoms with Gasteiger partial charge in [0.25, 0.3) is 0 Å². The summed E-state index contributed by atoms with van der Waals surface area (Å²) in [4.78, 5) is 4.80. The molecule has 9 aromatic carbocycles. The second kappa shape index (κ2) is 18.6. The molecule has 1 aromatic heterocycles. The summed E-state index contributed by atoms with van der Waals surface area (Å²) < 4.78 is 6.87. The Morgan fingerprint density at radius 1 is 0.535 bits per heavy atom. The van der Waals surface area contributed by atoms with Gasteiger partial charge >= 0.3 is 0 Å². The first kappa shape index (κ1) is 47.1. The number of benzene rings is 9.